The second-order valence-electron chi connectivity index (χ2n) is 4.56. The van der Waals surface area contributed by atoms with Gasteiger partial charge in [0.15, 0.2) is 11.6 Å². The van der Waals surface area contributed by atoms with E-state index in [1.165, 1.54) is 17.2 Å². The smallest absolute Gasteiger partial charge is 0.257 e. The molecule has 0 saturated carbocycles. The van der Waals surface area contributed by atoms with Crippen molar-refractivity contribution in [3.63, 3.8) is 0 Å². The molecule has 2 rings (SSSR count). The van der Waals surface area contributed by atoms with Gasteiger partial charge in [0.05, 0.1) is 5.56 Å². The first-order valence-corrected chi connectivity index (χ1v) is 6.73. The van der Waals surface area contributed by atoms with E-state index in [4.69, 9.17) is 11.6 Å². The number of pyridine rings is 1. The van der Waals surface area contributed by atoms with Crippen molar-refractivity contribution in [2.45, 2.75) is 6.54 Å². The van der Waals surface area contributed by atoms with Gasteiger partial charge < -0.3 is 10.2 Å². The Morgan fingerprint density at radius 3 is 2.62 bits per heavy atom. The average Bonchev–Trinajstić information content (AvgIpc) is 2.49. The number of nitrogens with one attached hydrogen (secondary N) is 1. The third kappa shape index (κ3) is 3.49. The Labute approximate surface area is 127 Å². The highest BCUT2D eigenvalue weighted by atomic mass is 35.5. The van der Waals surface area contributed by atoms with Crippen LogP contribution in [0.4, 0.5) is 10.2 Å². The molecule has 0 saturated heterocycles. The summed E-state index contributed by atoms with van der Waals surface area (Å²) in [6.45, 7) is 0.368. The molecule has 6 heteroatoms. The molecule has 1 heterocycles. The summed E-state index contributed by atoms with van der Waals surface area (Å²) < 4.78 is 14.1. The number of amides is 1. The molecule has 0 spiro atoms. The van der Waals surface area contributed by atoms with E-state index in [0.29, 0.717) is 11.6 Å². The van der Waals surface area contributed by atoms with Crippen LogP contribution < -0.4 is 5.32 Å². The number of anilines is 1. The van der Waals surface area contributed by atoms with Crippen molar-refractivity contribution < 1.29 is 9.18 Å². The molecule has 0 radical (unpaired) electrons. The molecule has 1 aromatic heterocycles. The number of benzene rings is 1. The van der Waals surface area contributed by atoms with Crippen LogP contribution in [0.3, 0.4) is 0 Å². The first-order chi connectivity index (χ1) is 10.0. The van der Waals surface area contributed by atoms with Crippen LogP contribution in [0.25, 0.3) is 0 Å². The lowest BCUT2D eigenvalue weighted by molar-refractivity contribution is 0.0780. The highest BCUT2D eigenvalue weighted by molar-refractivity contribution is 6.30. The van der Waals surface area contributed by atoms with Crippen LogP contribution in [-0.2, 0) is 6.54 Å². The molecule has 0 unspecified atom stereocenters. The SMILES string of the molecule is CNc1nccc(C(=O)N(C)Cc2ccc(Cl)cc2)c1F. The van der Waals surface area contributed by atoms with Gasteiger partial charge in [0.1, 0.15) is 0 Å². The minimum atomic E-state index is -0.645. The highest BCUT2D eigenvalue weighted by Crippen LogP contribution is 2.17. The van der Waals surface area contributed by atoms with Crippen molar-refractivity contribution in [1.29, 1.82) is 0 Å². The molecule has 21 heavy (non-hydrogen) atoms. The molecule has 1 aromatic carbocycles. The number of aromatic nitrogens is 1. The largest absolute Gasteiger partial charge is 0.371 e. The molecular weight excluding hydrogens is 293 g/mol. The molecule has 2 aromatic rings. The Morgan fingerprint density at radius 1 is 1.33 bits per heavy atom. The van der Waals surface area contributed by atoms with E-state index < -0.39 is 11.7 Å². The molecule has 0 aliphatic carbocycles. The van der Waals surface area contributed by atoms with Crippen LogP contribution in [0, 0.1) is 5.82 Å². The van der Waals surface area contributed by atoms with Gasteiger partial charge in [-0.05, 0) is 23.8 Å². The number of rotatable bonds is 4. The number of carbonyl (C=O) groups excluding carboxylic acids is 1. The minimum Gasteiger partial charge on any atom is -0.371 e. The van der Waals surface area contributed by atoms with E-state index in [9.17, 15) is 9.18 Å². The number of carbonyl (C=O) groups is 1. The zero-order chi connectivity index (χ0) is 15.4. The van der Waals surface area contributed by atoms with Gasteiger partial charge in [-0.1, -0.05) is 23.7 Å². The lowest BCUT2D eigenvalue weighted by Crippen LogP contribution is -2.27. The van der Waals surface area contributed by atoms with E-state index in [2.05, 4.69) is 10.3 Å². The topological polar surface area (TPSA) is 45.2 Å². The molecule has 4 nitrogen and oxygen atoms in total. The standard InChI is InChI=1S/C15H15ClFN3O/c1-18-14-13(17)12(7-8-19-14)15(21)20(2)9-10-3-5-11(16)6-4-10/h3-8H,9H2,1-2H3,(H,18,19). The van der Waals surface area contributed by atoms with Crippen LogP contribution in [-0.4, -0.2) is 29.9 Å². The fourth-order valence-electron chi connectivity index (χ4n) is 1.92. The lowest BCUT2D eigenvalue weighted by atomic mass is 10.2. The van der Waals surface area contributed by atoms with Gasteiger partial charge in [-0.15, -0.1) is 0 Å². The molecule has 0 atom stereocenters. The van der Waals surface area contributed by atoms with Crippen molar-refractivity contribution in [2.75, 3.05) is 19.4 Å². The molecule has 1 amide bonds. The lowest BCUT2D eigenvalue weighted by Gasteiger charge is -2.18. The zero-order valence-electron chi connectivity index (χ0n) is 11.7. The second kappa shape index (κ2) is 6.54. The predicted octanol–water partition coefficient (Wildman–Crippen LogP) is 3.19. The first-order valence-electron chi connectivity index (χ1n) is 6.35. The summed E-state index contributed by atoms with van der Waals surface area (Å²) in [5, 5.41) is 3.24. The van der Waals surface area contributed by atoms with E-state index in [1.54, 1.807) is 26.2 Å². The molecule has 0 aliphatic rings. The predicted molar refractivity (Wildman–Crippen MR) is 81.0 cm³/mol. The highest BCUT2D eigenvalue weighted by Gasteiger charge is 2.19. The summed E-state index contributed by atoms with van der Waals surface area (Å²) in [6.07, 6.45) is 1.40. The Bertz CT molecular complexity index is 646. The number of nitrogens with zero attached hydrogens (tertiary/aromatic N) is 2. The van der Waals surface area contributed by atoms with Crippen molar-refractivity contribution in [1.82, 2.24) is 9.88 Å². The van der Waals surface area contributed by atoms with Gasteiger partial charge in [-0.25, -0.2) is 9.37 Å². The maximum absolute atomic E-state index is 14.1. The summed E-state index contributed by atoms with van der Waals surface area (Å²) in [6, 6.07) is 8.53. The fraction of sp³-hybridized carbons (Fsp3) is 0.200. The maximum Gasteiger partial charge on any atom is 0.257 e. The van der Waals surface area contributed by atoms with E-state index in [1.807, 2.05) is 12.1 Å². The summed E-state index contributed by atoms with van der Waals surface area (Å²) >= 11 is 5.82. The molecule has 0 bridgehead atoms. The maximum atomic E-state index is 14.1. The Kier molecular flexibility index (Phi) is 4.75. The Morgan fingerprint density at radius 2 is 2.00 bits per heavy atom. The average molecular weight is 308 g/mol. The summed E-state index contributed by atoms with van der Waals surface area (Å²) in [7, 11) is 3.17. The third-order valence-electron chi connectivity index (χ3n) is 3.04. The van der Waals surface area contributed by atoms with Gasteiger partial charge in [0, 0.05) is 31.9 Å². The van der Waals surface area contributed by atoms with Crippen molar-refractivity contribution >= 4 is 23.3 Å². The van der Waals surface area contributed by atoms with Crippen LogP contribution >= 0.6 is 11.6 Å². The summed E-state index contributed by atoms with van der Waals surface area (Å²) in [4.78, 5) is 17.6. The van der Waals surface area contributed by atoms with Crippen LogP contribution in [0.15, 0.2) is 36.5 Å². The molecule has 110 valence electrons. The number of hydrogen-bond acceptors (Lipinski definition) is 3. The van der Waals surface area contributed by atoms with Gasteiger partial charge in [0.2, 0.25) is 0 Å². The van der Waals surface area contributed by atoms with Crippen molar-refractivity contribution in [2.24, 2.45) is 0 Å². The van der Waals surface area contributed by atoms with Gasteiger partial charge in [-0.2, -0.15) is 0 Å². The second-order valence-corrected chi connectivity index (χ2v) is 5.00. The van der Waals surface area contributed by atoms with Gasteiger partial charge in [0.25, 0.3) is 5.91 Å². The molecule has 1 N–H and O–H groups in total. The van der Waals surface area contributed by atoms with Gasteiger partial charge >= 0.3 is 0 Å². The summed E-state index contributed by atoms with van der Waals surface area (Å²) in [5.41, 5.74) is 0.907. The normalized spacial score (nSPS) is 10.3. The monoisotopic (exact) mass is 307 g/mol. The number of hydrogen-bond donors (Lipinski definition) is 1. The Balaban J connectivity index is 2.17. The van der Waals surface area contributed by atoms with Crippen LogP contribution in [0.2, 0.25) is 5.02 Å². The molecule has 0 fully saturated rings. The van der Waals surface area contributed by atoms with Crippen LogP contribution in [0.1, 0.15) is 15.9 Å². The van der Waals surface area contributed by atoms with Crippen molar-refractivity contribution in [3.05, 3.63) is 58.5 Å². The van der Waals surface area contributed by atoms with Crippen LogP contribution in [0.5, 0.6) is 0 Å². The molecular formula is C15H15ClFN3O. The van der Waals surface area contributed by atoms with Crippen molar-refractivity contribution in [3.8, 4) is 0 Å². The molecule has 0 aliphatic heterocycles. The summed E-state index contributed by atoms with van der Waals surface area (Å²) in [5.74, 6) is -0.991. The Hall–Kier alpha value is -2.14. The zero-order valence-corrected chi connectivity index (χ0v) is 12.5. The van der Waals surface area contributed by atoms with E-state index in [-0.39, 0.29) is 11.4 Å². The fourth-order valence-corrected chi connectivity index (χ4v) is 2.05. The minimum absolute atomic E-state index is 0.00851. The van der Waals surface area contributed by atoms with E-state index >= 15 is 0 Å². The van der Waals surface area contributed by atoms with Gasteiger partial charge in [-0.3, -0.25) is 4.79 Å². The number of halogens is 2. The quantitative estimate of drug-likeness (QED) is 0.943. The first kappa shape index (κ1) is 15.3. The third-order valence-corrected chi connectivity index (χ3v) is 3.29. The van der Waals surface area contributed by atoms with E-state index in [0.717, 1.165) is 5.56 Å².